The first kappa shape index (κ1) is 30.7. The molecule has 38 heavy (non-hydrogen) atoms. The van der Waals surface area contributed by atoms with E-state index in [4.69, 9.17) is 31.8 Å². The fourth-order valence-electron chi connectivity index (χ4n) is 2.84. The van der Waals surface area contributed by atoms with Crippen LogP contribution in [0, 0.1) is 40.6 Å². The Balaban J connectivity index is 2.61. The van der Waals surface area contributed by atoms with Crippen molar-refractivity contribution in [3.05, 3.63) is 94.8 Å². The van der Waals surface area contributed by atoms with Crippen molar-refractivity contribution in [2.45, 2.75) is 13.8 Å². The van der Waals surface area contributed by atoms with Crippen LogP contribution in [0.15, 0.2) is 72.2 Å². The number of nitriles is 3. The molecule has 0 spiro atoms. The number of allylic oxidation sites excluding steroid dienone is 6. The molecule has 0 heterocycles. The Labute approximate surface area is 223 Å². The third-order valence-electron chi connectivity index (χ3n) is 4.96. The van der Waals surface area contributed by atoms with Crippen molar-refractivity contribution in [1.82, 2.24) is 9.80 Å². The topological polar surface area (TPSA) is 135 Å². The summed E-state index contributed by atoms with van der Waals surface area (Å²) in [6.45, 7) is 12.9. The number of rotatable bonds is 14. The van der Waals surface area contributed by atoms with E-state index < -0.39 is 11.9 Å². The second kappa shape index (κ2) is 18.0. The van der Waals surface area contributed by atoms with E-state index in [1.165, 1.54) is 18.2 Å². The van der Waals surface area contributed by atoms with Crippen molar-refractivity contribution in [3.8, 4) is 18.2 Å². The highest BCUT2D eigenvalue weighted by molar-refractivity contribution is 5.95. The predicted molar refractivity (Wildman–Crippen MR) is 139 cm³/mol. The molecule has 0 aliphatic carbocycles. The SMILES string of the molecule is [C-]#[N+]/C(C#N)=C/C=C/N(CC)CCOC(=O)c1cccc(C(=O)OCCN(/C=C/C=C(C#N)C#N)CC)c1. The predicted octanol–water partition coefficient (Wildman–Crippen LogP) is 3.97. The molecule has 0 N–H and O–H groups in total. The van der Waals surface area contributed by atoms with Crippen LogP contribution in [-0.4, -0.2) is 61.1 Å². The van der Waals surface area contributed by atoms with E-state index in [1.54, 1.807) is 61.0 Å². The number of likely N-dealkylation sites (N-methyl/N-ethyl adjacent to an activating group) is 2. The number of nitrogens with zero attached hydrogens (tertiary/aromatic N) is 6. The lowest BCUT2D eigenvalue weighted by atomic mass is 10.1. The molecule has 1 rings (SSSR count). The van der Waals surface area contributed by atoms with Gasteiger partial charge in [-0.15, -0.1) is 0 Å². The monoisotopic (exact) mass is 512 g/mol. The summed E-state index contributed by atoms with van der Waals surface area (Å²) in [5, 5.41) is 26.3. The third-order valence-corrected chi connectivity index (χ3v) is 4.96. The van der Waals surface area contributed by atoms with E-state index in [0.29, 0.717) is 26.2 Å². The Morgan fingerprint density at radius 1 is 0.895 bits per heavy atom. The molecular formula is C28H28N6O4. The van der Waals surface area contributed by atoms with Gasteiger partial charge >= 0.3 is 11.9 Å². The smallest absolute Gasteiger partial charge is 0.338 e. The summed E-state index contributed by atoms with van der Waals surface area (Å²) < 4.78 is 10.6. The third kappa shape index (κ3) is 11.4. The van der Waals surface area contributed by atoms with Gasteiger partial charge in [-0.2, -0.15) is 10.5 Å². The van der Waals surface area contributed by atoms with Gasteiger partial charge in [0.25, 0.3) is 5.70 Å². The number of benzene rings is 1. The Morgan fingerprint density at radius 2 is 1.39 bits per heavy atom. The molecule has 0 fully saturated rings. The molecule has 0 amide bonds. The molecule has 0 saturated heterocycles. The van der Waals surface area contributed by atoms with Gasteiger partial charge in [0, 0.05) is 13.1 Å². The zero-order valence-corrected chi connectivity index (χ0v) is 21.3. The van der Waals surface area contributed by atoms with Crippen molar-refractivity contribution in [3.63, 3.8) is 0 Å². The molecule has 0 unspecified atom stereocenters. The molecule has 1 aromatic carbocycles. The molecule has 0 atom stereocenters. The van der Waals surface area contributed by atoms with Crippen LogP contribution in [-0.2, 0) is 9.47 Å². The summed E-state index contributed by atoms with van der Waals surface area (Å²) >= 11 is 0. The molecule has 0 saturated carbocycles. The summed E-state index contributed by atoms with van der Waals surface area (Å²) in [5.41, 5.74) is 0.391. The zero-order valence-electron chi connectivity index (χ0n) is 21.3. The first-order chi connectivity index (χ1) is 18.4. The molecule has 1 aromatic rings. The zero-order chi connectivity index (χ0) is 28.2. The van der Waals surface area contributed by atoms with Crippen molar-refractivity contribution >= 4 is 11.9 Å². The van der Waals surface area contributed by atoms with Gasteiger partial charge in [0.05, 0.1) is 36.9 Å². The van der Waals surface area contributed by atoms with E-state index in [9.17, 15) is 9.59 Å². The Morgan fingerprint density at radius 3 is 1.82 bits per heavy atom. The lowest BCUT2D eigenvalue weighted by molar-refractivity contribution is 0.0480. The van der Waals surface area contributed by atoms with Crippen LogP contribution in [0.4, 0.5) is 0 Å². The Hall–Kier alpha value is -5.32. The summed E-state index contributed by atoms with van der Waals surface area (Å²) in [7, 11) is 0. The van der Waals surface area contributed by atoms with Crippen LogP contribution in [0.2, 0.25) is 0 Å². The van der Waals surface area contributed by atoms with Crippen molar-refractivity contribution in [2.24, 2.45) is 0 Å². The fraction of sp³-hybridized carbons (Fsp3) is 0.286. The van der Waals surface area contributed by atoms with Crippen molar-refractivity contribution < 1.29 is 19.1 Å². The van der Waals surface area contributed by atoms with E-state index in [0.717, 1.165) is 0 Å². The van der Waals surface area contributed by atoms with Gasteiger partial charge in [-0.3, -0.25) is 0 Å². The molecule has 194 valence electrons. The molecule has 0 aliphatic heterocycles. The number of ether oxygens (including phenoxy) is 2. The summed E-state index contributed by atoms with van der Waals surface area (Å²) in [4.78, 5) is 31.7. The summed E-state index contributed by atoms with van der Waals surface area (Å²) in [5.74, 6) is -1.16. The quantitative estimate of drug-likeness (QED) is 0.157. The van der Waals surface area contributed by atoms with Gasteiger partial charge in [-0.05, 0) is 62.7 Å². The fourth-order valence-corrected chi connectivity index (χ4v) is 2.84. The molecule has 10 nitrogen and oxygen atoms in total. The van der Waals surface area contributed by atoms with Gasteiger partial charge in [-0.1, -0.05) is 12.1 Å². The molecule has 0 bridgehead atoms. The van der Waals surface area contributed by atoms with Crippen LogP contribution in [0.3, 0.4) is 0 Å². The van der Waals surface area contributed by atoms with E-state index in [2.05, 4.69) is 4.85 Å². The van der Waals surface area contributed by atoms with Gasteiger partial charge in [0.1, 0.15) is 30.9 Å². The number of esters is 2. The maximum absolute atomic E-state index is 12.5. The number of hydrogen-bond acceptors (Lipinski definition) is 9. The van der Waals surface area contributed by atoms with Gasteiger partial charge in [0.15, 0.2) is 0 Å². The lowest BCUT2D eigenvalue weighted by Gasteiger charge is -2.18. The maximum Gasteiger partial charge on any atom is 0.338 e. The van der Waals surface area contributed by atoms with Gasteiger partial charge < -0.3 is 19.3 Å². The highest BCUT2D eigenvalue weighted by Gasteiger charge is 2.13. The second-order valence-corrected chi connectivity index (χ2v) is 7.37. The summed E-state index contributed by atoms with van der Waals surface area (Å²) in [6, 6.07) is 11.4. The van der Waals surface area contributed by atoms with Crippen LogP contribution < -0.4 is 0 Å². The minimum Gasteiger partial charge on any atom is -0.460 e. The minimum atomic E-state index is -0.581. The highest BCUT2D eigenvalue weighted by atomic mass is 16.5. The normalized spacial score (nSPS) is 10.5. The standard InChI is InChI=1S/C28H28N6O4/c1-4-33(13-7-9-23(20-29)21-30)15-17-37-27(35)24-10-6-11-25(19-24)28(36)38-18-16-34(5-2)14-8-12-26(22-31)32-3/h6-14,19H,4-5,15-18H2,1-2H3/b13-7+,14-8+,26-12+. The maximum atomic E-state index is 12.5. The summed E-state index contributed by atoms with van der Waals surface area (Å²) in [6.07, 6.45) is 9.37. The second-order valence-electron chi connectivity index (χ2n) is 7.37. The van der Waals surface area contributed by atoms with Crippen LogP contribution in [0.5, 0.6) is 0 Å². The average molecular weight is 513 g/mol. The van der Waals surface area contributed by atoms with Crippen molar-refractivity contribution in [2.75, 3.05) is 39.4 Å². The Kier molecular flexibility index (Phi) is 14.6. The van der Waals surface area contributed by atoms with E-state index in [1.807, 2.05) is 23.6 Å². The minimum absolute atomic E-state index is 0.0119. The number of carbonyl (C=O) groups excluding carboxylic acids is 2. The van der Waals surface area contributed by atoms with Crippen LogP contribution in [0.1, 0.15) is 34.6 Å². The average Bonchev–Trinajstić information content (AvgIpc) is 2.95. The molecular weight excluding hydrogens is 484 g/mol. The largest absolute Gasteiger partial charge is 0.460 e. The van der Waals surface area contributed by atoms with Crippen LogP contribution in [0.25, 0.3) is 4.85 Å². The van der Waals surface area contributed by atoms with Gasteiger partial charge in [-0.25, -0.2) is 19.7 Å². The van der Waals surface area contributed by atoms with Crippen LogP contribution >= 0.6 is 0 Å². The van der Waals surface area contributed by atoms with Gasteiger partial charge in [0.2, 0.25) is 0 Å². The van der Waals surface area contributed by atoms with Crippen molar-refractivity contribution in [1.29, 1.82) is 15.8 Å². The molecule has 0 aliphatic rings. The number of carbonyl (C=O) groups is 2. The number of hydrogen-bond donors (Lipinski definition) is 0. The Bertz CT molecular complexity index is 1130. The first-order valence-corrected chi connectivity index (χ1v) is 11.7. The van der Waals surface area contributed by atoms with E-state index >= 15 is 0 Å². The molecule has 0 radical (unpaired) electrons. The first-order valence-electron chi connectivity index (χ1n) is 11.7. The van der Waals surface area contributed by atoms with E-state index in [-0.39, 0.29) is 35.6 Å². The lowest BCUT2D eigenvalue weighted by Crippen LogP contribution is -2.23. The molecule has 0 aromatic heterocycles. The highest BCUT2D eigenvalue weighted by Crippen LogP contribution is 2.09. The molecule has 10 heteroatoms.